The zero-order valence-electron chi connectivity index (χ0n) is 17.9. The van der Waals surface area contributed by atoms with Crippen molar-refractivity contribution in [1.82, 2.24) is 4.98 Å². The smallest absolute Gasteiger partial charge is 0.263 e. The summed E-state index contributed by atoms with van der Waals surface area (Å²) in [6, 6.07) is 13.9. The molecule has 0 fully saturated rings. The second-order valence-corrected chi connectivity index (χ2v) is 7.39. The number of aromatic nitrogens is 1. The number of nitrogens with one attached hydrogen (secondary N) is 1. The minimum absolute atomic E-state index is 0.0760. The van der Waals surface area contributed by atoms with Crippen LogP contribution < -0.4 is 16.2 Å². The Hall–Kier alpha value is -3.50. The van der Waals surface area contributed by atoms with Gasteiger partial charge in [0, 0.05) is 12.3 Å². The summed E-state index contributed by atoms with van der Waals surface area (Å²) in [5.41, 5.74) is 12.1. The van der Waals surface area contributed by atoms with Crippen LogP contribution in [-0.4, -0.2) is 25.6 Å². The molecule has 0 amide bonds. The fourth-order valence-corrected chi connectivity index (χ4v) is 3.22. The van der Waals surface area contributed by atoms with E-state index in [0.717, 1.165) is 0 Å². The maximum absolute atomic E-state index is 12.4. The van der Waals surface area contributed by atoms with Crippen LogP contribution in [0.25, 0.3) is 0 Å². The van der Waals surface area contributed by atoms with Crippen LogP contribution in [0, 0.1) is 6.92 Å². The largest absolute Gasteiger partial charge is 0.508 e. The number of hydrogen-bond acceptors (Lipinski definition) is 8. The summed E-state index contributed by atoms with van der Waals surface area (Å²) in [5.74, 6) is 0.320. The number of aryl methyl sites for hydroxylation is 1. The highest BCUT2D eigenvalue weighted by Gasteiger charge is 2.14. The molecular formula is C21H28N6O3S. The molecule has 9 nitrogen and oxygen atoms in total. The molecule has 0 atom stereocenters. The summed E-state index contributed by atoms with van der Waals surface area (Å²) in [4.78, 5) is 4.01. The van der Waals surface area contributed by atoms with Gasteiger partial charge in [-0.15, -0.1) is 5.11 Å². The van der Waals surface area contributed by atoms with Crippen LogP contribution in [0.2, 0.25) is 0 Å². The van der Waals surface area contributed by atoms with Crippen molar-refractivity contribution in [1.29, 1.82) is 0 Å². The Labute approximate surface area is 182 Å². The molecule has 0 saturated heterocycles. The van der Waals surface area contributed by atoms with Crippen LogP contribution in [0.4, 0.5) is 22.9 Å². The highest BCUT2D eigenvalue weighted by molar-refractivity contribution is 7.92. The average molecular weight is 445 g/mol. The molecule has 166 valence electrons. The number of nitrogen functional groups attached to an aromatic ring is 1. The van der Waals surface area contributed by atoms with Crippen LogP contribution in [-0.2, 0) is 10.0 Å². The Morgan fingerprint density at radius 3 is 2.23 bits per heavy atom. The first kappa shape index (κ1) is 25.5. The quantitative estimate of drug-likeness (QED) is 0.335. The molecule has 10 heteroatoms. The van der Waals surface area contributed by atoms with Crippen LogP contribution in [0.5, 0.6) is 5.75 Å². The minimum atomic E-state index is -3.75. The molecule has 0 aliphatic carbocycles. The summed E-state index contributed by atoms with van der Waals surface area (Å²) in [6.07, 6.45) is 1.50. The van der Waals surface area contributed by atoms with Crippen molar-refractivity contribution in [2.24, 2.45) is 16.0 Å². The van der Waals surface area contributed by atoms with Crippen molar-refractivity contribution in [3.63, 3.8) is 0 Å². The van der Waals surface area contributed by atoms with Gasteiger partial charge in [-0.3, -0.25) is 4.72 Å². The van der Waals surface area contributed by atoms with E-state index in [1.165, 1.54) is 43.6 Å². The number of aromatic hydroxyl groups is 1. The number of pyridine rings is 1. The van der Waals surface area contributed by atoms with E-state index < -0.39 is 10.0 Å². The second-order valence-electron chi connectivity index (χ2n) is 5.71. The third kappa shape index (κ3) is 7.36. The third-order valence-electron chi connectivity index (χ3n) is 3.67. The van der Waals surface area contributed by atoms with Gasteiger partial charge in [0.15, 0.2) is 0 Å². The average Bonchev–Trinajstić information content (AvgIpc) is 2.79. The van der Waals surface area contributed by atoms with E-state index in [-0.39, 0.29) is 16.5 Å². The summed E-state index contributed by atoms with van der Waals surface area (Å²) in [5, 5.41) is 17.7. The predicted octanol–water partition coefficient (Wildman–Crippen LogP) is 4.50. The Morgan fingerprint density at radius 2 is 1.65 bits per heavy atom. The van der Waals surface area contributed by atoms with Gasteiger partial charge < -0.3 is 16.6 Å². The lowest BCUT2D eigenvalue weighted by Gasteiger charge is -2.07. The zero-order chi connectivity index (χ0) is 23.4. The van der Waals surface area contributed by atoms with Gasteiger partial charge >= 0.3 is 0 Å². The first-order chi connectivity index (χ1) is 14.8. The second kappa shape index (κ2) is 12.3. The van der Waals surface area contributed by atoms with Crippen LogP contribution in [0.15, 0.2) is 75.9 Å². The number of rotatable bonds is 5. The molecule has 1 heterocycles. The van der Waals surface area contributed by atoms with E-state index in [9.17, 15) is 13.5 Å². The highest BCUT2D eigenvalue weighted by atomic mass is 32.2. The molecule has 0 spiro atoms. The normalized spacial score (nSPS) is 10.5. The van der Waals surface area contributed by atoms with Crippen LogP contribution in [0.3, 0.4) is 0 Å². The molecule has 0 aliphatic heterocycles. The van der Waals surface area contributed by atoms with Crippen molar-refractivity contribution in [3.8, 4) is 5.75 Å². The van der Waals surface area contributed by atoms with Gasteiger partial charge in [0.2, 0.25) is 0 Å². The zero-order valence-corrected chi connectivity index (χ0v) is 18.8. The number of hydrogen-bond donors (Lipinski definition) is 4. The highest BCUT2D eigenvalue weighted by Crippen LogP contribution is 2.31. The Morgan fingerprint density at radius 1 is 1.00 bits per heavy atom. The number of sulfonamides is 1. The van der Waals surface area contributed by atoms with Crippen molar-refractivity contribution < 1.29 is 13.5 Å². The number of nitrogens with zero attached hydrogens (tertiary/aromatic N) is 3. The molecule has 0 unspecified atom stereocenters. The SMILES string of the molecule is CC.CN.Cc1cc(N=Nc2ccc(S(=O)(=O)Nc3ccccn3)cc2)c(N)cc1O. The lowest BCUT2D eigenvalue weighted by Crippen LogP contribution is -2.13. The van der Waals surface area contributed by atoms with E-state index in [1.54, 1.807) is 31.2 Å². The fourth-order valence-electron chi connectivity index (χ4n) is 2.21. The molecule has 0 bridgehead atoms. The Kier molecular flexibility index (Phi) is 10.1. The summed E-state index contributed by atoms with van der Waals surface area (Å²) in [7, 11) is -2.25. The number of azo groups is 1. The van der Waals surface area contributed by atoms with Crippen molar-refractivity contribution in [3.05, 3.63) is 66.4 Å². The number of nitrogens with two attached hydrogens (primary N) is 2. The standard InChI is InChI=1S/C18H17N5O3S.C2H6.CH5N/c1-12-10-16(15(19)11-17(12)24)22-21-13-5-7-14(8-6-13)27(25,26)23-18-4-2-3-9-20-18;2*1-2/h2-11,24H,19H2,1H3,(H,20,23);1-2H3;2H2,1H3. The molecule has 1 aromatic heterocycles. The first-order valence-corrected chi connectivity index (χ1v) is 11.0. The monoisotopic (exact) mass is 444 g/mol. The molecule has 3 rings (SSSR count). The van der Waals surface area contributed by atoms with Gasteiger partial charge in [-0.1, -0.05) is 19.9 Å². The molecule has 3 aromatic rings. The van der Waals surface area contributed by atoms with Crippen molar-refractivity contribution >= 4 is 32.9 Å². The lowest BCUT2D eigenvalue weighted by molar-refractivity contribution is 0.471. The molecule has 2 aromatic carbocycles. The summed E-state index contributed by atoms with van der Waals surface area (Å²) >= 11 is 0. The minimum Gasteiger partial charge on any atom is -0.508 e. The molecule has 0 aliphatic rings. The fraction of sp³-hybridized carbons (Fsp3) is 0.190. The molecule has 0 saturated carbocycles. The molecular weight excluding hydrogens is 416 g/mol. The van der Waals surface area contributed by atoms with E-state index in [0.29, 0.717) is 22.6 Å². The molecule has 6 N–H and O–H groups in total. The number of benzene rings is 2. The Bertz CT molecular complexity index is 1090. The van der Waals surface area contributed by atoms with E-state index in [4.69, 9.17) is 5.73 Å². The predicted molar refractivity (Wildman–Crippen MR) is 124 cm³/mol. The van der Waals surface area contributed by atoms with E-state index in [1.807, 2.05) is 13.8 Å². The summed E-state index contributed by atoms with van der Waals surface area (Å²) < 4.78 is 27.1. The molecule has 31 heavy (non-hydrogen) atoms. The lowest BCUT2D eigenvalue weighted by atomic mass is 10.2. The van der Waals surface area contributed by atoms with Gasteiger partial charge in [0.05, 0.1) is 16.3 Å². The maximum atomic E-state index is 12.4. The van der Waals surface area contributed by atoms with E-state index >= 15 is 0 Å². The van der Waals surface area contributed by atoms with Crippen molar-refractivity contribution in [2.45, 2.75) is 25.7 Å². The molecule has 0 radical (unpaired) electrons. The number of phenolic OH excluding ortho intramolecular Hbond substituents is 1. The maximum Gasteiger partial charge on any atom is 0.263 e. The van der Waals surface area contributed by atoms with Gasteiger partial charge in [0.1, 0.15) is 17.3 Å². The van der Waals surface area contributed by atoms with Crippen LogP contribution >= 0.6 is 0 Å². The Balaban J connectivity index is 0.00000113. The summed E-state index contributed by atoms with van der Waals surface area (Å²) in [6.45, 7) is 5.72. The van der Waals surface area contributed by atoms with Gasteiger partial charge in [-0.25, -0.2) is 13.4 Å². The van der Waals surface area contributed by atoms with Gasteiger partial charge in [-0.2, -0.15) is 5.11 Å². The number of anilines is 2. The number of phenols is 1. The first-order valence-electron chi connectivity index (χ1n) is 9.47. The van der Waals surface area contributed by atoms with E-state index in [2.05, 4.69) is 25.7 Å². The van der Waals surface area contributed by atoms with Gasteiger partial charge in [0.25, 0.3) is 10.0 Å². The van der Waals surface area contributed by atoms with Gasteiger partial charge in [-0.05, 0) is 62.0 Å². The van der Waals surface area contributed by atoms with Crippen LogP contribution in [0.1, 0.15) is 19.4 Å². The third-order valence-corrected chi connectivity index (χ3v) is 5.04. The topological polar surface area (TPSA) is 156 Å². The van der Waals surface area contributed by atoms with Crippen molar-refractivity contribution in [2.75, 3.05) is 17.5 Å².